The molecule has 1 aromatic carbocycles. The minimum absolute atomic E-state index is 0.0301. The van der Waals surface area contributed by atoms with Gasteiger partial charge in [0, 0.05) is 29.0 Å². The lowest BCUT2D eigenvalue weighted by Gasteiger charge is -2.17. The first kappa shape index (κ1) is 21.3. The number of amides is 1. The second kappa shape index (κ2) is 8.97. The monoisotopic (exact) mass is 423 g/mol. The van der Waals surface area contributed by atoms with Gasteiger partial charge in [-0.25, -0.2) is 14.0 Å². The third kappa shape index (κ3) is 5.58. The molecule has 3 rings (SSSR count). The number of hydrogen-bond donors (Lipinski definition) is 2. The molecule has 1 saturated carbocycles. The first-order valence-electron chi connectivity index (χ1n) is 9.40. The Hall–Kier alpha value is -2.38. The fourth-order valence-electron chi connectivity index (χ4n) is 3.53. The number of ether oxygens (including phenoxy) is 2. The van der Waals surface area contributed by atoms with E-state index >= 15 is 0 Å². The molecule has 6 nitrogen and oxygen atoms in total. The molecule has 4 unspecified atom stereocenters. The molecule has 0 saturated heterocycles. The van der Waals surface area contributed by atoms with Crippen LogP contribution < -0.4 is 5.32 Å². The van der Waals surface area contributed by atoms with Gasteiger partial charge in [-0.15, -0.1) is 0 Å². The molecule has 156 valence electrons. The summed E-state index contributed by atoms with van der Waals surface area (Å²) in [6, 6.07) is 6.81. The van der Waals surface area contributed by atoms with Crippen molar-refractivity contribution < 1.29 is 28.6 Å². The first-order valence-corrected chi connectivity index (χ1v) is 9.77. The Kier molecular flexibility index (Phi) is 6.59. The molecule has 1 aromatic rings. The van der Waals surface area contributed by atoms with E-state index < -0.39 is 18.2 Å². The zero-order chi connectivity index (χ0) is 21.1. The van der Waals surface area contributed by atoms with E-state index in [4.69, 9.17) is 21.1 Å². The number of carbonyl (C=O) groups excluding carboxylic acids is 1. The Balaban J connectivity index is 1.52. The summed E-state index contributed by atoms with van der Waals surface area (Å²) in [6.45, 7) is 3.63. The highest BCUT2D eigenvalue weighted by molar-refractivity contribution is 6.31. The molecule has 0 spiro atoms. The maximum absolute atomic E-state index is 13.8. The van der Waals surface area contributed by atoms with E-state index in [-0.39, 0.29) is 42.7 Å². The predicted molar refractivity (Wildman–Crippen MR) is 106 cm³/mol. The number of carbonyl (C=O) groups is 2. The van der Waals surface area contributed by atoms with Crippen LogP contribution in [0.3, 0.4) is 0 Å². The van der Waals surface area contributed by atoms with Crippen LogP contribution in [0.1, 0.15) is 19.4 Å². The van der Waals surface area contributed by atoms with Crippen LogP contribution >= 0.6 is 11.6 Å². The summed E-state index contributed by atoms with van der Waals surface area (Å²) in [5.74, 6) is -1.72. The molecule has 0 aliphatic heterocycles. The Labute approximate surface area is 173 Å². The molecular weight excluding hydrogens is 401 g/mol. The van der Waals surface area contributed by atoms with Gasteiger partial charge in [0.15, 0.2) is 6.10 Å². The van der Waals surface area contributed by atoms with Gasteiger partial charge in [-0.05, 0) is 43.5 Å². The standard InChI is InChI=1S/C21H23ClFNO5/c1-11(2)29-18(20(25)26)7-12-4-3-5-14(6-12)24-21(27)28-10-16-15-8-13(22)9-17(23)19(15)16/h3-6,8-9,11,15-16,18-19H,7,10H2,1-2H3,(H,24,27)(H,25,26). The molecular formula is C21H23ClFNO5. The molecule has 2 N–H and O–H groups in total. The number of rotatable bonds is 8. The van der Waals surface area contributed by atoms with E-state index in [0.29, 0.717) is 16.3 Å². The van der Waals surface area contributed by atoms with Crippen molar-refractivity contribution in [1.82, 2.24) is 0 Å². The van der Waals surface area contributed by atoms with Gasteiger partial charge in [0.1, 0.15) is 5.83 Å². The van der Waals surface area contributed by atoms with Crippen molar-refractivity contribution in [1.29, 1.82) is 0 Å². The summed E-state index contributed by atoms with van der Waals surface area (Å²) in [6.07, 6.45) is 1.40. The molecule has 1 fully saturated rings. The average molecular weight is 424 g/mol. The van der Waals surface area contributed by atoms with Gasteiger partial charge in [-0.2, -0.15) is 0 Å². The second-order valence-electron chi connectivity index (χ2n) is 7.49. The maximum atomic E-state index is 13.8. The highest BCUT2D eigenvalue weighted by Crippen LogP contribution is 2.55. The van der Waals surface area contributed by atoms with Gasteiger partial charge < -0.3 is 14.6 Å². The van der Waals surface area contributed by atoms with E-state index in [0.717, 1.165) is 0 Å². The van der Waals surface area contributed by atoms with Crippen LogP contribution in [0.4, 0.5) is 14.9 Å². The number of fused-ring (bicyclic) bond motifs is 1. The van der Waals surface area contributed by atoms with Crippen molar-refractivity contribution >= 4 is 29.4 Å². The van der Waals surface area contributed by atoms with Crippen molar-refractivity contribution in [2.45, 2.75) is 32.5 Å². The minimum Gasteiger partial charge on any atom is -0.479 e. The van der Waals surface area contributed by atoms with Crippen molar-refractivity contribution in [3.8, 4) is 0 Å². The fourth-order valence-corrected chi connectivity index (χ4v) is 3.78. The Morgan fingerprint density at radius 3 is 2.79 bits per heavy atom. The van der Waals surface area contributed by atoms with Crippen LogP contribution in [-0.2, 0) is 20.7 Å². The van der Waals surface area contributed by atoms with E-state index in [2.05, 4.69) is 5.32 Å². The number of anilines is 1. The highest BCUT2D eigenvalue weighted by Gasteiger charge is 2.53. The van der Waals surface area contributed by atoms with E-state index in [1.54, 1.807) is 44.2 Å². The van der Waals surface area contributed by atoms with E-state index in [1.807, 2.05) is 0 Å². The summed E-state index contributed by atoms with van der Waals surface area (Å²) in [4.78, 5) is 23.4. The SMILES string of the molecule is CC(C)OC(Cc1cccc(NC(=O)OCC2C3C=C(Cl)C=C(F)C32)c1)C(=O)O. The van der Waals surface area contributed by atoms with Gasteiger partial charge in [0.2, 0.25) is 0 Å². The second-order valence-corrected chi connectivity index (χ2v) is 7.92. The third-order valence-corrected chi connectivity index (χ3v) is 5.12. The molecule has 0 bridgehead atoms. The zero-order valence-electron chi connectivity index (χ0n) is 16.1. The third-order valence-electron chi connectivity index (χ3n) is 4.89. The summed E-state index contributed by atoms with van der Waals surface area (Å²) < 4.78 is 24.4. The summed E-state index contributed by atoms with van der Waals surface area (Å²) in [7, 11) is 0. The van der Waals surface area contributed by atoms with Crippen LogP contribution in [-0.4, -0.2) is 36.0 Å². The van der Waals surface area contributed by atoms with Gasteiger partial charge in [0.25, 0.3) is 0 Å². The van der Waals surface area contributed by atoms with Crippen LogP contribution in [0.25, 0.3) is 0 Å². The number of carboxylic acids is 1. The summed E-state index contributed by atoms with van der Waals surface area (Å²) in [5.41, 5.74) is 1.18. The highest BCUT2D eigenvalue weighted by atomic mass is 35.5. The molecule has 2 aliphatic rings. The Morgan fingerprint density at radius 2 is 2.10 bits per heavy atom. The number of carboxylic acid groups (broad SMARTS) is 1. The number of hydrogen-bond acceptors (Lipinski definition) is 4. The van der Waals surface area contributed by atoms with Gasteiger partial charge in [0.05, 0.1) is 12.7 Å². The number of allylic oxidation sites excluding steroid dienone is 4. The fraction of sp³-hybridized carbons (Fsp3) is 0.429. The smallest absolute Gasteiger partial charge is 0.411 e. The van der Waals surface area contributed by atoms with Crippen molar-refractivity contribution in [3.05, 3.63) is 52.8 Å². The van der Waals surface area contributed by atoms with E-state index in [9.17, 15) is 19.1 Å². The normalized spacial score (nSPS) is 23.6. The number of aliphatic carboxylic acids is 1. The molecule has 4 atom stereocenters. The summed E-state index contributed by atoms with van der Waals surface area (Å²) in [5, 5.41) is 12.3. The molecule has 8 heteroatoms. The van der Waals surface area contributed by atoms with Crippen molar-refractivity contribution in [3.63, 3.8) is 0 Å². The van der Waals surface area contributed by atoms with Crippen molar-refractivity contribution in [2.24, 2.45) is 17.8 Å². The van der Waals surface area contributed by atoms with Crippen LogP contribution in [0.15, 0.2) is 47.3 Å². The lowest BCUT2D eigenvalue weighted by Crippen LogP contribution is -2.29. The number of nitrogens with one attached hydrogen (secondary N) is 1. The molecule has 0 radical (unpaired) electrons. The molecule has 0 heterocycles. The molecule has 2 aliphatic carbocycles. The lowest BCUT2D eigenvalue weighted by atomic mass is 10.1. The minimum atomic E-state index is -1.04. The van der Waals surface area contributed by atoms with Crippen LogP contribution in [0.5, 0.6) is 0 Å². The zero-order valence-corrected chi connectivity index (χ0v) is 16.9. The van der Waals surface area contributed by atoms with Crippen molar-refractivity contribution in [2.75, 3.05) is 11.9 Å². The maximum Gasteiger partial charge on any atom is 0.411 e. The average Bonchev–Trinajstić information content (AvgIpc) is 3.32. The Morgan fingerprint density at radius 1 is 1.34 bits per heavy atom. The van der Waals surface area contributed by atoms with Crippen LogP contribution in [0, 0.1) is 17.8 Å². The molecule has 1 amide bonds. The number of benzene rings is 1. The number of halogens is 2. The topological polar surface area (TPSA) is 84.9 Å². The van der Waals surface area contributed by atoms with Gasteiger partial charge >= 0.3 is 12.1 Å². The van der Waals surface area contributed by atoms with Gasteiger partial charge in [-0.3, -0.25) is 5.32 Å². The predicted octanol–water partition coefficient (Wildman–Crippen LogP) is 4.51. The van der Waals surface area contributed by atoms with E-state index in [1.165, 1.54) is 6.08 Å². The lowest BCUT2D eigenvalue weighted by molar-refractivity contribution is -0.153. The summed E-state index contributed by atoms with van der Waals surface area (Å²) >= 11 is 5.85. The van der Waals surface area contributed by atoms with Gasteiger partial charge in [-0.1, -0.05) is 29.8 Å². The first-order chi connectivity index (χ1) is 13.7. The quantitative estimate of drug-likeness (QED) is 0.642. The largest absolute Gasteiger partial charge is 0.479 e. The molecule has 29 heavy (non-hydrogen) atoms. The molecule has 0 aromatic heterocycles. The Bertz CT molecular complexity index is 853. The van der Waals surface area contributed by atoms with Crippen LogP contribution in [0.2, 0.25) is 0 Å².